The van der Waals surface area contributed by atoms with E-state index in [0.29, 0.717) is 24.4 Å². The normalized spacial score (nSPS) is 12.2. The van der Waals surface area contributed by atoms with E-state index >= 15 is 0 Å². The van der Waals surface area contributed by atoms with Crippen molar-refractivity contribution in [2.24, 2.45) is 11.7 Å². The molecule has 0 aliphatic carbocycles. The number of ether oxygens (including phenoxy) is 1. The van der Waals surface area contributed by atoms with Gasteiger partial charge in [0, 0.05) is 12.1 Å². The number of methoxy groups -OCH3 is 1. The Bertz CT molecular complexity index is 472. The number of carbonyl (C=O) groups is 2. The molecule has 0 aromatic heterocycles. The van der Waals surface area contributed by atoms with E-state index < -0.39 is 5.91 Å². The zero-order chi connectivity index (χ0) is 15.1. The number of carbonyl (C=O) groups excluding carboxylic acids is 2. The molecule has 3 N–H and O–H groups in total. The summed E-state index contributed by atoms with van der Waals surface area (Å²) in [6.07, 6.45) is 0.697. The number of esters is 1. The summed E-state index contributed by atoms with van der Waals surface area (Å²) in [6.45, 7) is 4.57. The summed E-state index contributed by atoms with van der Waals surface area (Å²) in [5.74, 6) is -0.355. The molecule has 0 radical (unpaired) electrons. The minimum Gasteiger partial charge on any atom is -0.468 e. The summed E-state index contributed by atoms with van der Waals surface area (Å²) in [4.78, 5) is 22.8. The van der Waals surface area contributed by atoms with Gasteiger partial charge in [-0.25, -0.2) is 0 Å². The standard InChI is InChI=1S/C15H22N2O3/c1-10(2)7-13(15(19)20-3)17-9-11-5-4-6-12(8-11)14(16)18/h4-6,8,10,13,17H,7,9H2,1-3H3,(H2,16,18). The lowest BCUT2D eigenvalue weighted by Gasteiger charge is -2.18. The van der Waals surface area contributed by atoms with Crippen LogP contribution in [0.25, 0.3) is 0 Å². The van der Waals surface area contributed by atoms with Crippen molar-refractivity contribution in [3.05, 3.63) is 35.4 Å². The van der Waals surface area contributed by atoms with Crippen LogP contribution in [0.5, 0.6) is 0 Å². The van der Waals surface area contributed by atoms with Gasteiger partial charge in [0.05, 0.1) is 7.11 Å². The number of nitrogens with one attached hydrogen (secondary N) is 1. The van der Waals surface area contributed by atoms with Gasteiger partial charge in [0.25, 0.3) is 0 Å². The summed E-state index contributed by atoms with van der Waals surface area (Å²) in [5, 5.41) is 3.16. The third-order valence-electron chi connectivity index (χ3n) is 2.96. The van der Waals surface area contributed by atoms with Gasteiger partial charge in [0.1, 0.15) is 6.04 Å². The Hall–Kier alpha value is -1.88. The number of rotatable bonds is 7. The van der Waals surface area contributed by atoms with Crippen molar-refractivity contribution in [2.45, 2.75) is 32.9 Å². The van der Waals surface area contributed by atoms with Gasteiger partial charge in [-0.05, 0) is 30.0 Å². The Kier molecular flexibility index (Phi) is 6.18. The highest BCUT2D eigenvalue weighted by molar-refractivity contribution is 5.92. The molecule has 0 spiro atoms. The van der Waals surface area contributed by atoms with E-state index in [1.165, 1.54) is 7.11 Å². The van der Waals surface area contributed by atoms with Crippen LogP contribution < -0.4 is 11.1 Å². The van der Waals surface area contributed by atoms with Crippen LogP contribution in [0.1, 0.15) is 36.2 Å². The van der Waals surface area contributed by atoms with Crippen molar-refractivity contribution in [1.29, 1.82) is 0 Å². The van der Waals surface area contributed by atoms with Crippen LogP contribution in [0.3, 0.4) is 0 Å². The molecule has 5 heteroatoms. The maximum Gasteiger partial charge on any atom is 0.322 e. The number of benzene rings is 1. The van der Waals surface area contributed by atoms with E-state index in [1.807, 2.05) is 19.9 Å². The van der Waals surface area contributed by atoms with Crippen molar-refractivity contribution in [3.63, 3.8) is 0 Å². The molecule has 0 saturated heterocycles. The Labute approximate surface area is 119 Å². The number of nitrogens with two attached hydrogens (primary N) is 1. The van der Waals surface area contributed by atoms with Crippen LogP contribution in [-0.2, 0) is 16.1 Å². The molecule has 110 valence electrons. The molecule has 1 amide bonds. The van der Waals surface area contributed by atoms with Gasteiger partial charge in [-0.1, -0.05) is 26.0 Å². The van der Waals surface area contributed by atoms with Crippen LogP contribution in [-0.4, -0.2) is 25.0 Å². The lowest BCUT2D eigenvalue weighted by atomic mass is 10.0. The molecule has 0 saturated carbocycles. The van der Waals surface area contributed by atoms with E-state index in [1.54, 1.807) is 18.2 Å². The van der Waals surface area contributed by atoms with Crippen LogP contribution in [0.2, 0.25) is 0 Å². The van der Waals surface area contributed by atoms with Crippen molar-refractivity contribution in [1.82, 2.24) is 5.32 Å². The summed E-state index contributed by atoms with van der Waals surface area (Å²) in [7, 11) is 1.38. The third-order valence-corrected chi connectivity index (χ3v) is 2.96. The molecule has 0 aliphatic heterocycles. The van der Waals surface area contributed by atoms with Crippen molar-refractivity contribution >= 4 is 11.9 Å². The Morgan fingerprint density at radius 3 is 2.60 bits per heavy atom. The van der Waals surface area contributed by atoms with Crippen molar-refractivity contribution in [3.8, 4) is 0 Å². The Morgan fingerprint density at radius 2 is 2.05 bits per heavy atom. The minimum atomic E-state index is -0.460. The highest BCUT2D eigenvalue weighted by Crippen LogP contribution is 2.09. The van der Waals surface area contributed by atoms with Crippen molar-refractivity contribution in [2.75, 3.05) is 7.11 Å². The van der Waals surface area contributed by atoms with Gasteiger partial charge in [0.15, 0.2) is 0 Å². The minimum absolute atomic E-state index is 0.273. The van der Waals surface area contributed by atoms with Crippen LogP contribution >= 0.6 is 0 Å². The average Bonchev–Trinajstić information content (AvgIpc) is 2.42. The molecule has 0 heterocycles. The summed E-state index contributed by atoms with van der Waals surface area (Å²) >= 11 is 0. The first-order valence-electron chi connectivity index (χ1n) is 6.64. The lowest BCUT2D eigenvalue weighted by molar-refractivity contribution is -0.143. The molecule has 0 aliphatic rings. The van der Waals surface area contributed by atoms with Gasteiger partial charge in [0.2, 0.25) is 5.91 Å². The highest BCUT2D eigenvalue weighted by atomic mass is 16.5. The number of hydrogen-bond donors (Lipinski definition) is 2. The smallest absolute Gasteiger partial charge is 0.322 e. The molecule has 20 heavy (non-hydrogen) atoms. The first-order chi connectivity index (χ1) is 9.43. The molecule has 1 aromatic rings. The number of hydrogen-bond acceptors (Lipinski definition) is 4. The maximum absolute atomic E-state index is 11.7. The molecule has 0 fully saturated rings. The van der Waals surface area contributed by atoms with Gasteiger partial charge < -0.3 is 15.8 Å². The molecule has 5 nitrogen and oxygen atoms in total. The maximum atomic E-state index is 11.7. The first-order valence-corrected chi connectivity index (χ1v) is 6.64. The molecule has 1 aromatic carbocycles. The predicted octanol–water partition coefficient (Wildman–Crippen LogP) is 1.46. The third kappa shape index (κ3) is 5.01. The van der Waals surface area contributed by atoms with E-state index in [0.717, 1.165) is 5.56 Å². The first kappa shape index (κ1) is 16.2. The largest absolute Gasteiger partial charge is 0.468 e. The monoisotopic (exact) mass is 278 g/mol. The summed E-state index contributed by atoms with van der Waals surface area (Å²) in [6, 6.07) is 6.68. The Balaban J connectivity index is 2.69. The van der Waals surface area contributed by atoms with Gasteiger partial charge in [-0.3, -0.25) is 9.59 Å². The SMILES string of the molecule is COC(=O)C(CC(C)C)NCc1cccc(C(N)=O)c1. The fraction of sp³-hybridized carbons (Fsp3) is 0.467. The molecule has 1 unspecified atom stereocenters. The lowest BCUT2D eigenvalue weighted by Crippen LogP contribution is -2.38. The van der Waals surface area contributed by atoms with Gasteiger partial charge in [-0.2, -0.15) is 0 Å². The summed E-state index contributed by atoms with van der Waals surface area (Å²) < 4.78 is 4.79. The van der Waals surface area contributed by atoms with E-state index in [-0.39, 0.29) is 12.0 Å². The fourth-order valence-electron chi connectivity index (χ4n) is 1.95. The molecular formula is C15H22N2O3. The second-order valence-corrected chi connectivity index (χ2v) is 5.15. The van der Waals surface area contributed by atoms with Crippen LogP contribution in [0.4, 0.5) is 0 Å². The quantitative estimate of drug-likeness (QED) is 0.740. The second-order valence-electron chi connectivity index (χ2n) is 5.15. The zero-order valence-corrected chi connectivity index (χ0v) is 12.2. The van der Waals surface area contributed by atoms with Crippen LogP contribution in [0.15, 0.2) is 24.3 Å². The average molecular weight is 278 g/mol. The summed E-state index contributed by atoms with van der Waals surface area (Å²) in [5.41, 5.74) is 6.60. The predicted molar refractivity (Wildman–Crippen MR) is 77.1 cm³/mol. The topological polar surface area (TPSA) is 81.4 Å². The molecule has 0 bridgehead atoms. The van der Waals surface area contributed by atoms with Gasteiger partial charge in [-0.15, -0.1) is 0 Å². The molecule has 1 rings (SSSR count). The number of amides is 1. The van der Waals surface area contributed by atoms with E-state index in [2.05, 4.69) is 5.32 Å². The molecular weight excluding hydrogens is 256 g/mol. The van der Waals surface area contributed by atoms with Gasteiger partial charge >= 0.3 is 5.97 Å². The zero-order valence-electron chi connectivity index (χ0n) is 12.2. The number of primary amides is 1. The van der Waals surface area contributed by atoms with E-state index in [4.69, 9.17) is 10.5 Å². The highest BCUT2D eigenvalue weighted by Gasteiger charge is 2.19. The van der Waals surface area contributed by atoms with E-state index in [9.17, 15) is 9.59 Å². The van der Waals surface area contributed by atoms with Crippen LogP contribution in [0, 0.1) is 5.92 Å². The Morgan fingerprint density at radius 1 is 1.35 bits per heavy atom. The molecule has 1 atom stereocenters. The fourth-order valence-corrected chi connectivity index (χ4v) is 1.95. The second kappa shape index (κ2) is 7.65. The van der Waals surface area contributed by atoms with Crippen molar-refractivity contribution < 1.29 is 14.3 Å².